The Morgan fingerprint density at radius 3 is 2.40 bits per heavy atom. The number of benzene rings is 2. The van der Waals surface area contributed by atoms with E-state index in [0.717, 1.165) is 36.4 Å². The second-order valence-electron chi connectivity index (χ2n) is 7.99. The minimum Gasteiger partial charge on any atom is -0.509 e. The Balaban J connectivity index is 1.44. The molecule has 30 heavy (non-hydrogen) atoms. The van der Waals surface area contributed by atoms with Crippen molar-refractivity contribution in [3.05, 3.63) is 60.1 Å². The van der Waals surface area contributed by atoms with Gasteiger partial charge in [0.15, 0.2) is 0 Å². The molecule has 154 valence electrons. The molecule has 0 saturated carbocycles. The first-order valence-corrected chi connectivity index (χ1v) is 10.8. The number of anilines is 2. The van der Waals surface area contributed by atoms with E-state index < -0.39 is 0 Å². The van der Waals surface area contributed by atoms with E-state index in [1.54, 1.807) is 0 Å². The molecule has 1 saturated heterocycles. The third-order valence-electron chi connectivity index (χ3n) is 6.18. The highest BCUT2D eigenvalue weighted by Gasteiger charge is 2.32. The van der Waals surface area contributed by atoms with Gasteiger partial charge >= 0.3 is 0 Å². The molecule has 2 aliphatic rings. The average molecular weight is 402 g/mol. The molecular formula is C24H27N5O. The summed E-state index contributed by atoms with van der Waals surface area (Å²) >= 11 is 0. The van der Waals surface area contributed by atoms with Crippen LogP contribution in [0.3, 0.4) is 0 Å². The number of hydrogen-bond acceptors (Lipinski definition) is 4. The lowest BCUT2D eigenvalue weighted by molar-refractivity contribution is 0.411. The summed E-state index contributed by atoms with van der Waals surface area (Å²) in [5.74, 6) is 1.15. The fourth-order valence-corrected chi connectivity index (χ4v) is 4.62. The summed E-state index contributed by atoms with van der Waals surface area (Å²) < 4.78 is 2.07. The lowest BCUT2D eigenvalue weighted by atomic mass is 10.1. The zero-order valence-corrected chi connectivity index (χ0v) is 17.3. The number of nitrogens with one attached hydrogen (secondary N) is 1. The second-order valence-corrected chi connectivity index (χ2v) is 7.99. The lowest BCUT2D eigenvalue weighted by Gasteiger charge is -2.29. The standard InChI is InChI=1S/C24H27N5O/c1-2-28-20-9-5-4-8-19(20)26-24(28)22-21(30)16-29(23(22)25)18-12-10-17(11-13-18)27-14-6-3-7-15-27/h4-5,8-13,25,30H,2-3,6-7,14-16H2,1H3. The molecule has 2 aromatic carbocycles. The predicted octanol–water partition coefficient (Wildman–Crippen LogP) is 4.81. The zero-order chi connectivity index (χ0) is 20.7. The number of aryl methyl sites for hydroxylation is 1. The van der Waals surface area contributed by atoms with Crippen LogP contribution < -0.4 is 9.80 Å². The number of imidazole rings is 1. The Bertz CT molecular complexity index is 1120. The Labute approximate surface area is 176 Å². The molecule has 0 atom stereocenters. The number of piperidine rings is 1. The van der Waals surface area contributed by atoms with Crippen molar-refractivity contribution in [1.29, 1.82) is 5.41 Å². The van der Waals surface area contributed by atoms with E-state index in [-0.39, 0.29) is 5.76 Å². The van der Waals surface area contributed by atoms with Crippen LogP contribution in [0, 0.1) is 5.41 Å². The van der Waals surface area contributed by atoms with E-state index in [4.69, 9.17) is 10.4 Å². The van der Waals surface area contributed by atoms with Crippen LogP contribution >= 0.6 is 0 Å². The molecule has 2 N–H and O–H groups in total. The zero-order valence-electron chi connectivity index (χ0n) is 17.3. The van der Waals surface area contributed by atoms with E-state index in [2.05, 4.69) is 40.7 Å². The van der Waals surface area contributed by atoms with Crippen LogP contribution in [0.25, 0.3) is 16.6 Å². The minimum absolute atomic E-state index is 0.199. The fourth-order valence-electron chi connectivity index (χ4n) is 4.62. The van der Waals surface area contributed by atoms with E-state index in [9.17, 15) is 5.11 Å². The summed E-state index contributed by atoms with van der Waals surface area (Å²) in [5.41, 5.74) is 4.57. The van der Waals surface area contributed by atoms with Crippen LogP contribution in [0.1, 0.15) is 32.0 Å². The van der Waals surface area contributed by atoms with Crippen molar-refractivity contribution < 1.29 is 5.11 Å². The Hall–Kier alpha value is -3.28. The fraction of sp³-hybridized carbons (Fsp3) is 0.333. The number of rotatable bonds is 4. The van der Waals surface area contributed by atoms with E-state index in [1.165, 1.54) is 24.9 Å². The molecule has 0 radical (unpaired) electrons. The summed E-state index contributed by atoms with van der Waals surface area (Å²) in [5, 5.41) is 19.6. The number of hydrogen-bond donors (Lipinski definition) is 2. The van der Waals surface area contributed by atoms with Crippen LogP contribution in [0.2, 0.25) is 0 Å². The number of para-hydroxylation sites is 2. The van der Waals surface area contributed by atoms with Crippen LogP contribution in [0.15, 0.2) is 54.3 Å². The molecule has 5 rings (SSSR count). The van der Waals surface area contributed by atoms with Crippen LogP contribution in [-0.4, -0.2) is 40.1 Å². The van der Waals surface area contributed by atoms with E-state index in [0.29, 0.717) is 23.8 Å². The molecule has 0 aliphatic carbocycles. The maximum atomic E-state index is 10.8. The largest absolute Gasteiger partial charge is 0.509 e. The molecule has 0 bridgehead atoms. The number of aromatic nitrogens is 2. The summed E-state index contributed by atoms with van der Waals surface area (Å²) in [7, 11) is 0. The molecule has 1 fully saturated rings. The first kappa shape index (κ1) is 18.7. The molecular weight excluding hydrogens is 374 g/mol. The van der Waals surface area contributed by atoms with Crippen molar-refractivity contribution in [3.8, 4) is 0 Å². The smallest absolute Gasteiger partial charge is 0.148 e. The number of aliphatic hydroxyl groups excluding tert-OH is 1. The van der Waals surface area contributed by atoms with Gasteiger partial charge in [-0.3, -0.25) is 5.41 Å². The van der Waals surface area contributed by atoms with Gasteiger partial charge in [0, 0.05) is 31.0 Å². The Morgan fingerprint density at radius 1 is 0.967 bits per heavy atom. The lowest BCUT2D eigenvalue weighted by Crippen LogP contribution is -2.29. The molecule has 0 spiro atoms. The molecule has 6 heteroatoms. The van der Waals surface area contributed by atoms with Crippen LogP contribution in [-0.2, 0) is 6.54 Å². The topological polar surface area (TPSA) is 68.4 Å². The monoisotopic (exact) mass is 401 g/mol. The molecule has 0 amide bonds. The summed E-state index contributed by atoms with van der Waals surface area (Å²) in [6.45, 7) is 5.30. The molecule has 0 unspecified atom stereocenters. The van der Waals surface area contributed by atoms with Gasteiger partial charge in [0.2, 0.25) is 0 Å². The van der Waals surface area contributed by atoms with Crippen molar-refractivity contribution in [1.82, 2.24) is 9.55 Å². The molecule has 1 aromatic heterocycles. The van der Waals surface area contributed by atoms with E-state index in [1.807, 2.05) is 29.2 Å². The highest BCUT2D eigenvalue weighted by molar-refractivity contribution is 6.30. The quantitative estimate of drug-likeness (QED) is 0.658. The number of amidine groups is 1. The maximum absolute atomic E-state index is 10.8. The van der Waals surface area contributed by atoms with Gasteiger partial charge in [0.1, 0.15) is 17.4 Å². The first-order valence-electron chi connectivity index (χ1n) is 10.8. The molecule has 2 aliphatic heterocycles. The molecule has 6 nitrogen and oxygen atoms in total. The van der Waals surface area contributed by atoms with Gasteiger partial charge in [0.25, 0.3) is 0 Å². The van der Waals surface area contributed by atoms with Crippen molar-refractivity contribution >= 4 is 33.8 Å². The van der Waals surface area contributed by atoms with Crippen molar-refractivity contribution in [2.24, 2.45) is 0 Å². The van der Waals surface area contributed by atoms with Gasteiger partial charge in [-0.2, -0.15) is 0 Å². The van der Waals surface area contributed by atoms with Gasteiger partial charge in [-0.25, -0.2) is 4.98 Å². The first-order chi connectivity index (χ1) is 14.7. The highest BCUT2D eigenvalue weighted by Crippen LogP contribution is 2.33. The Kier molecular flexibility index (Phi) is 4.69. The summed E-state index contributed by atoms with van der Waals surface area (Å²) in [4.78, 5) is 9.02. The van der Waals surface area contributed by atoms with Gasteiger partial charge in [-0.15, -0.1) is 0 Å². The van der Waals surface area contributed by atoms with Gasteiger partial charge in [-0.05, 0) is 62.6 Å². The normalized spacial score (nSPS) is 17.4. The van der Waals surface area contributed by atoms with Crippen molar-refractivity contribution in [3.63, 3.8) is 0 Å². The van der Waals surface area contributed by atoms with Crippen molar-refractivity contribution in [2.75, 3.05) is 29.4 Å². The number of aliphatic hydroxyl groups is 1. The van der Waals surface area contributed by atoms with Crippen molar-refractivity contribution in [2.45, 2.75) is 32.7 Å². The minimum atomic E-state index is 0.199. The molecule has 3 heterocycles. The third kappa shape index (κ3) is 3.03. The summed E-state index contributed by atoms with van der Waals surface area (Å²) in [6.07, 6.45) is 3.81. The number of fused-ring (bicyclic) bond motifs is 1. The average Bonchev–Trinajstić information content (AvgIpc) is 3.30. The van der Waals surface area contributed by atoms with Gasteiger partial charge in [0.05, 0.1) is 23.2 Å². The predicted molar refractivity (Wildman–Crippen MR) is 123 cm³/mol. The van der Waals surface area contributed by atoms with Gasteiger partial charge < -0.3 is 19.5 Å². The second kappa shape index (κ2) is 7.52. The van der Waals surface area contributed by atoms with E-state index >= 15 is 0 Å². The van der Waals surface area contributed by atoms with Crippen LogP contribution in [0.5, 0.6) is 0 Å². The molecule has 3 aromatic rings. The maximum Gasteiger partial charge on any atom is 0.148 e. The highest BCUT2D eigenvalue weighted by atomic mass is 16.3. The third-order valence-corrected chi connectivity index (χ3v) is 6.18. The Morgan fingerprint density at radius 2 is 1.67 bits per heavy atom. The summed E-state index contributed by atoms with van der Waals surface area (Å²) in [6, 6.07) is 16.3. The van der Waals surface area contributed by atoms with Crippen LogP contribution in [0.4, 0.5) is 11.4 Å². The van der Waals surface area contributed by atoms with Gasteiger partial charge in [-0.1, -0.05) is 12.1 Å². The SMILES string of the molecule is CCn1c(C2=C(O)CN(c3ccc(N4CCCCC4)cc3)C2=N)nc2ccccc21. The number of nitrogens with zero attached hydrogens (tertiary/aromatic N) is 4.